The van der Waals surface area contributed by atoms with E-state index in [0.29, 0.717) is 47.2 Å². The van der Waals surface area contributed by atoms with Gasteiger partial charge in [-0.15, -0.1) is 0 Å². The Kier molecular flexibility index (Phi) is 5.42. The van der Waals surface area contributed by atoms with Gasteiger partial charge in [0.1, 0.15) is 17.2 Å². The number of carbonyl (C=O) groups is 1. The van der Waals surface area contributed by atoms with Crippen molar-refractivity contribution in [3.8, 4) is 23.0 Å². The summed E-state index contributed by atoms with van der Waals surface area (Å²) in [5, 5.41) is 0. The van der Waals surface area contributed by atoms with Crippen LogP contribution < -0.4 is 15.0 Å². The molecular formula is C21H21N5O4. The molecule has 0 aliphatic carbocycles. The quantitative estimate of drug-likeness (QED) is 0.684. The Hall–Kier alpha value is -3.75. The number of rotatable bonds is 5. The van der Waals surface area contributed by atoms with Gasteiger partial charge in [-0.1, -0.05) is 6.07 Å². The number of aromatic nitrogens is 4. The second-order valence-electron chi connectivity index (χ2n) is 6.88. The van der Waals surface area contributed by atoms with Crippen LogP contribution in [0.25, 0.3) is 11.5 Å². The van der Waals surface area contributed by atoms with Crippen molar-refractivity contribution < 1.29 is 14.3 Å². The minimum Gasteiger partial charge on any atom is -0.497 e. The number of carbonyl (C=O) groups excluding carboxylic acids is 1. The SMILES string of the molecule is COc1cccc(O[C@@H](C)C(=O)N2CCc3nc(-c4cnccn4)[nH]c(=O)c3C2)c1. The third kappa shape index (κ3) is 4.00. The van der Waals surface area contributed by atoms with E-state index in [0.717, 1.165) is 0 Å². The molecule has 2 aromatic heterocycles. The maximum absolute atomic E-state index is 12.9. The number of fused-ring (bicyclic) bond motifs is 1. The molecule has 0 unspecified atom stereocenters. The van der Waals surface area contributed by atoms with Crippen LogP contribution in [0.15, 0.2) is 47.7 Å². The van der Waals surface area contributed by atoms with Gasteiger partial charge < -0.3 is 19.4 Å². The average Bonchev–Trinajstić information content (AvgIpc) is 2.79. The highest BCUT2D eigenvalue weighted by Gasteiger charge is 2.28. The number of H-pyrrole nitrogens is 1. The zero-order valence-electron chi connectivity index (χ0n) is 16.7. The van der Waals surface area contributed by atoms with Gasteiger partial charge in [0.2, 0.25) is 0 Å². The van der Waals surface area contributed by atoms with Gasteiger partial charge in [-0.2, -0.15) is 0 Å². The molecule has 0 spiro atoms. The molecule has 1 aliphatic rings. The van der Waals surface area contributed by atoms with Gasteiger partial charge in [0, 0.05) is 31.4 Å². The smallest absolute Gasteiger partial charge is 0.263 e. The van der Waals surface area contributed by atoms with Gasteiger partial charge in [0.25, 0.3) is 11.5 Å². The Morgan fingerprint density at radius 3 is 2.87 bits per heavy atom. The van der Waals surface area contributed by atoms with Crippen molar-refractivity contribution in [2.24, 2.45) is 0 Å². The van der Waals surface area contributed by atoms with Crippen molar-refractivity contribution >= 4 is 5.91 Å². The Labute approximate surface area is 172 Å². The molecule has 1 amide bonds. The summed E-state index contributed by atoms with van der Waals surface area (Å²) in [5.41, 5.74) is 1.37. The predicted molar refractivity (Wildman–Crippen MR) is 108 cm³/mol. The summed E-state index contributed by atoms with van der Waals surface area (Å²) in [4.78, 5) is 42.6. The van der Waals surface area contributed by atoms with E-state index < -0.39 is 6.10 Å². The molecule has 0 bridgehead atoms. The first kappa shape index (κ1) is 19.6. The normalized spacial score (nSPS) is 14.0. The third-order valence-corrected chi connectivity index (χ3v) is 4.89. The summed E-state index contributed by atoms with van der Waals surface area (Å²) in [6.45, 7) is 2.33. The molecule has 1 aliphatic heterocycles. The Morgan fingerprint density at radius 2 is 2.10 bits per heavy atom. The zero-order valence-corrected chi connectivity index (χ0v) is 16.7. The van der Waals surface area contributed by atoms with Gasteiger partial charge in [-0.05, 0) is 19.1 Å². The van der Waals surface area contributed by atoms with E-state index in [1.165, 1.54) is 0 Å². The lowest BCUT2D eigenvalue weighted by Crippen LogP contribution is -2.45. The summed E-state index contributed by atoms with van der Waals surface area (Å²) in [5.74, 6) is 1.37. The van der Waals surface area contributed by atoms with Crippen LogP contribution in [0, 0.1) is 0 Å². The lowest BCUT2D eigenvalue weighted by molar-refractivity contribution is -0.138. The van der Waals surface area contributed by atoms with Crippen molar-refractivity contribution in [3.05, 3.63) is 64.5 Å². The zero-order chi connectivity index (χ0) is 21.1. The minimum atomic E-state index is -0.704. The van der Waals surface area contributed by atoms with Crippen LogP contribution in [0.2, 0.25) is 0 Å². The summed E-state index contributed by atoms with van der Waals surface area (Å²) >= 11 is 0. The topological polar surface area (TPSA) is 110 Å². The van der Waals surface area contributed by atoms with E-state index in [1.54, 1.807) is 61.8 Å². The van der Waals surface area contributed by atoms with Gasteiger partial charge >= 0.3 is 0 Å². The summed E-state index contributed by atoms with van der Waals surface area (Å²) in [6.07, 6.45) is 4.41. The number of hydrogen-bond acceptors (Lipinski definition) is 7. The average molecular weight is 407 g/mol. The number of nitrogens with one attached hydrogen (secondary N) is 1. The molecule has 154 valence electrons. The molecule has 30 heavy (non-hydrogen) atoms. The molecule has 3 aromatic rings. The first-order valence-corrected chi connectivity index (χ1v) is 9.53. The highest BCUT2D eigenvalue weighted by Crippen LogP contribution is 2.22. The van der Waals surface area contributed by atoms with Crippen LogP contribution in [0.5, 0.6) is 11.5 Å². The summed E-state index contributed by atoms with van der Waals surface area (Å²) in [6, 6.07) is 7.08. The Balaban J connectivity index is 1.49. The van der Waals surface area contributed by atoms with Crippen molar-refractivity contribution in [2.45, 2.75) is 26.0 Å². The van der Waals surface area contributed by atoms with Gasteiger partial charge in [-0.25, -0.2) is 9.97 Å². The lowest BCUT2D eigenvalue weighted by Gasteiger charge is -2.30. The maximum atomic E-state index is 12.9. The van der Waals surface area contributed by atoms with Crippen molar-refractivity contribution in [2.75, 3.05) is 13.7 Å². The highest BCUT2D eigenvalue weighted by atomic mass is 16.5. The predicted octanol–water partition coefficient (Wildman–Crippen LogP) is 1.59. The fourth-order valence-corrected chi connectivity index (χ4v) is 3.34. The number of methoxy groups -OCH3 is 1. The molecule has 9 heteroatoms. The van der Waals surface area contributed by atoms with E-state index in [2.05, 4.69) is 19.9 Å². The Morgan fingerprint density at radius 1 is 1.27 bits per heavy atom. The third-order valence-electron chi connectivity index (χ3n) is 4.89. The first-order chi connectivity index (χ1) is 14.5. The summed E-state index contributed by atoms with van der Waals surface area (Å²) < 4.78 is 11.0. The molecule has 0 saturated heterocycles. The maximum Gasteiger partial charge on any atom is 0.263 e. The number of amides is 1. The number of ether oxygens (including phenoxy) is 2. The van der Waals surface area contributed by atoms with Crippen LogP contribution in [0.4, 0.5) is 0 Å². The largest absolute Gasteiger partial charge is 0.497 e. The Bertz CT molecular complexity index is 1120. The van der Waals surface area contributed by atoms with E-state index >= 15 is 0 Å². The van der Waals surface area contributed by atoms with Gasteiger partial charge in [0.15, 0.2) is 11.9 Å². The van der Waals surface area contributed by atoms with Crippen molar-refractivity contribution in [1.29, 1.82) is 0 Å². The number of aromatic amines is 1. The molecule has 0 fully saturated rings. The van der Waals surface area contributed by atoms with E-state index in [-0.39, 0.29) is 18.0 Å². The van der Waals surface area contributed by atoms with E-state index in [9.17, 15) is 9.59 Å². The molecule has 3 heterocycles. The molecule has 1 aromatic carbocycles. The van der Waals surface area contributed by atoms with E-state index in [1.807, 2.05) is 0 Å². The summed E-state index contributed by atoms with van der Waals surface area (Å²) in [7, 11) is 1.57. The van der Waals surface area contributed by atoms with E-state index in [4.69, 9.17) is 9.47 Å². The minimum absolute atomic E-state index is 0.184. The lowest BCUT2D eigenvalue weighted by atomic mass is 10.1. The molecule has 1 atom stereocenters. The molecule has 9 nitrogen and oxygen atoms in total. The van der Waals surface area contributed by atoms with Crippen LogP contribution in [-0.2, 0) is 17.8 Å². The molecule has 0 radical (unpaired) electrons. The second kappa shape index (κ2) is 8.32. The number of nitrogens with zero attached hydrogens (tertiary/aromatic N) is 4. The molecule has 1 N–H and O–H groups in total. The van der Waals surface area contributed by atoms with Crippen LogP contribution in [0.3, 0.4) is 0 Å². The second-order valence-corrected chi connectivity index (χ2v) is 6.88. The number of benzene rings is 1. The first-order valence-electron chi connectivity index (χ1n) is 9.53. The monoisotopic (exact) mass is 407 g/mol. The molecule has 0 saturated carbocycles. The fraction of sp³-hybridized carbons (Fsp3) is 0.286. The molecular weight excluding hydrogens is 386 g/mol. The van der Waals surface area contributed by atoms with Crippen molar-refractivity contribution in [3.63, 3.8) is 0 Å². The number of hydrogen-bond donors (Lipinski definition) is 1. The standard InChI is InChI=1S/C21H21N5O4/c1-13(30-15-5-3-4-14(10-15)29-2)21(28)26-9-6-17-16(12-26)20(27)25-19(24-17)18-11-22-7-8-23-18/h3-5,7-8,10-11,13H,6,9,12H2,1-2H3,(H,24,25,27)/t13-/m0/s1. The van der Waals surface area contributed by atoms with Gasteiger partial charge in [0.05, 0.1) is 31.1 Å². The van der Waals surface area contributed by atoms with Crippen molar-refractivity contribution in [1.82, 2.24) is 24.8 Å². The molecule has 4 rings (SSSR count). The van der Waals surface area contributed by atoms with Crippen LogP contribution in [0.1, 0.15) is 18.2 Å². The highest BCUT2D eigenvalue weighted by molar-refractivity contribution is 5.81. The van der Waals surface area contributed by atoms with Crippen LogP contribution in [-0.4, -0.2) is 50.5 Å². The van der Waals surface area contributed by atoms with Gasteiger partial charge in [-0.3, -0.25) is 14.6 Å². The van der Waals surface area contributed by atoms with Crippen LogP contribution >= 0.6 is 0 Å². The fourth-order valence-electron chi connectivity index (χ4n) is 3.34.